The molecule has 0 spiro atoms. The maximum Gasteiger partial charge on any atom is 0.275 e. The number of hydrogen-bond donors (Lipinski definition) is 0. The predicted octanol–water partition coefficient (Wildman–Crippen LogP) is 1.14. The largest absolute Gasteiger partial charge is 0.486 e. The molecule has 2 heterocycles. The van der Waals surface area contributed by atoms with E-state index in [4.69, 9.17) is 9.47 Å². The van der Waals surface area contributed by atoms with Crippen LogP contribution in [0.25, 0.3) is 0 Å². The average Bonchev–Trinajstić information content (AvgIpc) is 3.09. The molecular formula is C18H25N5O3. The Kier molecular flexibility index (Phi) is 5.72. The molecule has 1 amide bonds. The van der Waals surface area contributed by atoms with Crippen LogP contribution >= 0.6 is 0 Å². The molecule has 1 aliphatic heterocycles. The number of aromatic nitrogens is 3. The number of para-hydroxylation sites is 2. The third-order valence-electron chi connectivity index (χ3n) is 4.16. The highest BCUT2D eigenvalue weighted by Crippen LogP contribution is 2.31. The first-order valence-corrected chi connectivity index (χ1v) is 8.72. The van der Waals surface area contributed by atoms with E-state index in [2.05, 4.69) is 15.2 Å². The SMILES string of the molecule is CN(C)CCCN(C)C(=O)c1cn(CC2COc3ccccc3O2)nn1. The number of amides is 1. The van der Waals surface area contributed by atoms with E-state index in [1.165, 1.54) is 0 Å². The van der Waals surface area contributed by atoms with Gasteiger partial charge in [0.15, 0.2) is 23.3 Å². The van der Waals surface area contributed by atoms with Crippen molar-refractivity contribution in [2.75, 3.05) is 40.8 Å². The molecule has 0 radical (unpaired) electrons. The second-order valence-corrected chi connectivity index (χ2v) is 6.71. The van der Waals surface area contributed by atoms with Gasteiger partial charge in [-0.3, -0.25) is 4.79 Å². The molecule has 1 aromatic carbocycles. The fourth-order valence-corrected chi connectivity index (χ4v) is 2.77. The number of hydrogen-bond acceptors (Lipinski definition) is 6. The molecule has 0 fully saturated rings. The highest BCUT2D eigenvalue weighted by atomic mass is 16.6. The van der Waals surface area contributed by atoms with Crippen LogP contribution in [-0.2, 0) is 6.54 Å². The Labute approximate surface area is 153 Å². The summed E-state index contributed by atoms with van der Waals surface area (Å²) in [6.07, 6.45) is 2.40. The van der Waals surface area contributed by atoms with Crippen molar-refractivity contribution in [2.24, 2.45) is 0 Å². The van der Waals surface area contributed by atoms with E-state index < -0.39 is 0 Å². The third-order valence-corrected chi connectivity index (χ3v) is 4.16. The van der Waals surface area contributed by atoms with Gasteiger partial charge in [-0.1, -0.05) is 17.3 Å². The third kappa shape index (κ3) is 4.51. The van der Waals surface area contributed by atoms with Crippen LogP contribution in [0.15, 0.2) is 30.5 Å². The van der Waals surface area contributed by atoms with Crippen molar-refractivity contribution in [3.05, 3.63) is 36.2 Å². The van der Waals surface area contributed by atoms with Gasteiger partial charge in [-0.15, -0.1) is 5.10 Å². The summed E-state index contributed by atoms with van der Waals surface area (Å²) < 4.78 is 13.2. The standard InChI is InChI=1S/C18H25N5O3/c1-21(2)9-6-10-22(3)18(24)15-12-23(20-19-15)11-14-13-25-16-7-4-5-8-17(16)26-14/h4-5,7-8,12,14H,6,9-11,13H2,1-3H3. The Balaban J connectivity index is 1.54. The summed E-state index contributed by atoms with van der Waals surface area (Å²) in [5, 5.41) is 8.06. The zero-order valence-corrected chi connectivity index (χ0v) is 15.5. The van der Waals surface area contributed by atoms with Gasteiger partial charge in [0.25, 0.3) is 5.91 Å². The van der Waals surface area contributed by atoms with Crippen molar-refractivity contribution in [1.29, 1.82) is 0 Å². The molecule has 0 bridgehead atoms. The first kappa shape index (κ1) is 18.2. The molecule has 0 saturated heterocycles. The molecule has 8 nitrogen and oxygen atoms in total. The quantitative estimate of drug-likeness (QED) is 0.738. The van der Waals surface area contributed by atoms with Gasteiger partial charge in [0.2, 0.25) is 0 Å². The number of nitrogens with zero attached hydrogens (tertiary/aromatic N) is 5. The van der Waals surface area contributed by atoms with Gasteiger partial charge < -0.3 is 19.3 Å². The number of rotatable bonds is 7. The molecule has 1 aromatic heterocycles. The Morgan fingerprint density at radius 1 is 1.23 bits per heavy atom. The lowest BCUT2D eigenvalue weighted by atomic mass is 10.2. The summed E-state index contributed by atoms with van der Waals surface area (Å²) in [5.41, 5.74) is 0.342. The predicted molar refractivity (Wildman–Crippen MR) is 96.5 cm³/mol. The Bertz CT molecular complexity index is 746. The summed E-state index contributed by atoms with van der Waals surface area (Å²) in [5.74, 6) is 1.35. The summed E-state index contributed by atoms with van der Waals surface area (Å²) in [6.45, 7) is 2.52. The van der Waals surface area contributed by atoms with Gasteiger partial charge in [-0.2, -0.15) is 0 Å². The lowest BCUT2D eigenvalue weighted by Crippen LogP contribution is -2.33. The van der Waals surface area contributed by atoms with Gasteiger partial charge in [0, 0.05) is 13.6 Å². The van der Waals surface area contributed by atoms with Crippen LogP contribution in [0, 0.1) is 0 Å². The van der Waals surface area contributed by atoms with Crippen molar-refractivity contribution in [3.8, 4) is 11.5 Å². The van der Waals surface area contributed by atoms with Crippen molar-refractivity contribution in [2.45, 2.75) is 19.1 Å². The first-order valence-electron chi connectivity index (χ1n) is 8.72. The maximum atomic E-state index is 12.4. The van der Waals surface area contributed by atoms with Crippen molar-refractivity contribution >= 4 is 5.91 Å². The molecule has 0 aliphatic carbocycles. The summed E-state index contributed by atoms with van der Waals surface area (Å²) in [6, 6.07) is 7.57. The molecule has 8 heteroatoms. The average molecular weight is 359 g/mol. The van der Waals surface area contributed by atoms with Crippen LogP contribution in [0.1, 0.15) is 16.9 Å². The van der Waals surface area contributed by atoms with E-state index in [1.54, 1.807) is 22.8 Å². The zero-order chi connectivity index (χ0) is 18.5. The normalized spacial score (nSPS) is 15.9. The fraction of sp³-hybridized carbons (Fsp3) is 0.500. The van der Waals surface area contributed by atoms with Crippen molar-refractivity contribution in [3.63, 3.8) is 0 Å². The van der Waals surface area contributed by atoms with E-state index in [0.717, 1.165) is 24.5 Å². The van der Waals surface area contributed by atoms with E-state index >= 15 is 0 Å². The van der Waals surface area contributed by atoms with Crippen LogP contribution < -0.4 is 9.47 Å². The number of fused-ring (bicyclic) bond motifs is 1. The topological polar surface area (TPSA) is 72.7 Å². The lowest BCUT2D eigenvalue weighted by molar-refractivity contribution is 0.0753. The van der Waals surface area contributed by atoms with E-state index in [9.17, 15) is 4.79 Å². The van der Waals surface area contributed by atoms with Crippen LogP contribution in [0.3, 0.4) is 0 Å². The monoisotopic (exact) mass is 359 g/mol. The smallest absolute Gasteiger partial charge is 0.275 e. The van der Waals surface area contributed by atoms with E-state index in [-0.39, 0.29) is 12.0 Å². The molecule has 0 saturated carbocycles. The maximum absolute atomic E-state index is 12.4. The van der Waals surface area contributed by atoms with Crippen LogP contribution in [0.5, 0.6) is 11.5 Å². The second-order valence-electron chi connectivity index (χ2n) is 6.71. The van der Waals surface area contributed by atoms with Crippen molar-refractivity contribution in [1.82, 2.24) is 24.8 Å². The minimum Gasteiger partial charge on any atom is -0.486 e. The Morgan fingerprint density at radius 3 is 2.77 bits per heavy atom. The zero-order valence-electron chi connectivity index (χ0n) is 15.5. The molecule has 26 heavy (non-hydrogen) atoms. The highest BCUT2D eigenvalue weighted by Gasteiger charge is 2.22. The molecule has 1 aliphatic rings. The highest BCUT2D eigenvalue weighted by molar-refractivity contribution is 5.91. The van der Waals surface area contributed by atoms with Gasteiger partial charge >= 0.3 is 0 Å². The fourth-order valence-electron chi connectivity index (χ4n) is 2.77. The van der Waals surface area contributed by atoms with Crippen LogP contribution in [-0.4, -0.2) is 77.6 Å². The van der Waals surface area contributed by atoms with Gasteiger partial charge in [0.05, 0.1) is 12.7 Å². The number of benzene rings is 1. The van der Waals surface area contributed by atoms with Crippen LogP contribution in [0.4, 0.5) is 0 Å². The first-order chi connectivity index (χ1) is 12.5. The van der Waals surface area contributed by atoms with Gasteiger partial charge in [0.1, 0.15) is 6.61 Å². The Hall–Kier alpha value is -2.61. The molecule has 3 rings (SSSR count). The van der Waals surface area contributed by atoms with Gasteiger partial charge in [-0.05, 0) is 39.2 Å². The van der Waals surface area contributed by atoms with E-state index in [0.29, 0.717) is 25.4 Å². The van der Waals surface area contributed by atoms with Gasteiger partial charge in [-0.25, -0.2) is 4.68 Å². The minimum absolute atomic E-state index is 0.124. The van der Waals surface area contributed by atoms with E-state index in [1.807, 2.05) is 38.4 Å². The molecule has 2 aromatic rings. The molecule has 140 valence electrons. The number of carbonyl (C=O) groups excluding carboxylic acids is 1. The summed E-state index contributed by atoms with van der Waals surface area (Å²) in [4.78, 5) is 16.2. The van der Waals surface area contributed by atoms with Crippen LogP contribution in [0.2, 0.25) is 0 Å². The molecule has 0 N–H and O–H groups in total. The lowest BCUT2D eigenvalue weighted by Gasteiger charge is -2.26. The second kappa shape index (κ2) is 8.18. The number of ether oxygens (including phenoxy) is 2. The van der Waals surface area contributed by atoms with Crippen molar-refractivity contribution < 1.29 is 14.3 Å². The molecular weight excluding hydrogens is 334 g/mol. The summed E-state index contributed by atoms with van der Waals surface area (Å²) >= 11 is 0. The Morgan fingerprint density at radius 2 is 2.00 bits per heavy atom. The molecule has 1 atom stereocenters. The minimum atomic E-state index is -0.174. The summed E-state index contributed by atoms with van der Waals surface area (Å²) in [7, 11) is 5.82. The molecule has 1 unspecified atom stereocenters. The number of carbonyl (C=O) groups is 1.